The highest BCUT2D eigenvalue weighted by Crippen LogP contribution is 2.40. The van der Waals surface area contributed by atoms with Gasteiger partial charge in [-0.05, 0) is 64.2 Å². The highest BCUT2D eigenvalue weighted by molar-refractivity contribution is 6.30. The Morgan fingerprint density at radius 3 is 2.69 bits per heavy atom. The molecular weight excluding hydrogens is 392 g/mol. The number of likely N-dealkylation sites (tertiary alicyclic amines) is 1. The first-order valence-electron chi connectivity index (χ1n) is 10.2. The van der Waals surface area contributed by atoms with Gasteiger partial charge >= 0.3 is 6.09 Å². The highest BCUT2D eigenvalue weighted by Gasteiger charge is 2.42. The lowest BCUT2D eigenvalue weighted by molar-refractivity contribution is -0.121. The molecule has 1 aromatic rings. The van der Waals surface area contributed by atoms with Gasteiger partial charge in [-0.25, -0.2) is 4.79 Å². The minimum absolute atomic E-state index is 0.0579. The van der Waals surface area contributed by atoms with Gasteiger partial charge in [0, 0.05) is 37.5 Å². The maximum Gasteiger partial charge on any atom is 0.410 e. The lowest BCUT2D eigenvalue weighted by Crippen LogP contribution is -2.49. The Labute approximate surface area is 178 Å². The van der Waals surface area contributed by atoms with Crippen molar-refractivity contribution in [2.75, 3.05) is 20.1 Å². The van der Waals surface area contributed by atoms with E-state index in [2.05, 4.69) is 5.32 Å². The fourth-order valence-electron chi connectivity index (χ4n) is 3.84. The fourth-order valence-corrected chi connectivity index (χ4v) is 4.03. The monoisotopic (exact) mass is 424 g/mol. The normalized spacial score (nSPS) is 19.4. The molecule has 0 radical (unpaired) electrons. The molecule has 2 amide bonds. The number of amides is 2. The molecule has 1 fully saturated rings. The van der Waals surface area contributed by atoms with Crippen LogP contribution in [0.5, 0.6) is 0 Å². The summed E-state index contributed by atoms with van der Waals surface area (Å²) in [4.78, 5) is 25.9. The quantitative estimate of drug-likeness (QED) is 0.720. The molecule has 2 rings (SSSR count). The number of nitrogens with one attached hydrogen (secondary N) is 1. The van der Waals surface area contributed by atoms with Crippen molar-refractivity contribution in [2.24, 2.45) is 5.92 Å². The largest absolute Gasteiger partial charge is 0.444 e. The zero-order chi connectivity index (χ0) is 21.7. The number of carbonyl (C=O) groups excluding carboxylic acids is 2. The molecule has 2 atom stereocenters. The number of nitrogens with zero attached hydrogens (tertiary/aromatic N) is 1. The first-order valence-corrected chi connectivity index (χ1v) is 10.6. The van der Waals surface area contributed by atoms with Crippen LogP contribution in [0.4, 0.5) is 4.79 Å². The van der Waals surface area contributed by atoms with Crippen molar-refractivity contribution in [2.45, 2.75) is 64.1 Å². The number of hydrogen-bond donors (Lipinski definition) is 2. The van der Waals surface area contributed by atoms with E-state index >= 15 is 0 Å². The average Bonchev–Trinajstić information content (AvgIpc) is 2.66. The molecule has 1 saturated heterocycles. The van der Waals surface area contributed by atoms with Crippen LogP contribution in [0.1, 0.15) is 58.4 Å². The van der Waals surface area contributed by atoms with Crippen LogP contribution in [0.25, 0.3) is 0 Å². The van der Waals surface area contributed by atoms with Gasteiger partial charge in [0.05, 0.1) is 5.60 Å². The second kappa shape index (κ2) is 9.81. The summed E-state index contributed by atoms with van der Waals surface area (Å²) >= 11 is 6.19. The van der Waals surface area contributed by atoms with Crippen molar-refractivity contribution in [3.8, 4) is 0 Å². The number of aliphatic hydroxyl groups is 1. The van der Waals surface area contributed by atoms with Crippen LogP contribution in [0.3, 0.4) is 0 Å². The summed E-state index contributed by atoms with van der Waals surface area (Å²) in [5, 5.41) is 14.9. The number of benzene rings is 1. The Hall–Kier alpha value is -1.79. The molecule has 7 heteroatoms. The van der Waals surface area contributed by atoms with Crippen LogP contribution in [-0.2, 0) is 15.1 Å². The molecule has 1 aromatic carbocycles. The molecule has 1 heterocycles. The number of carbonyl (C=O) groups is 2. The van der Waals surface area contributed by atoms with E-state index in [0.717, 1.165) is 18.4 Å². The molecule has 1 aliphatic heterocycles. The van der Waals surface area contributed by atoms with E-state index in [1.807, 2.05) is 32.9 Å². The Morgan fingerprint density at radius 2 is 2.07 bits per heavy atom. The molecule has 1 aliphatic rings. The molecule has 2 unspecified atom stereocenters. The number of halogens is 1. The van der Waals surface area contributed by atoms with E-state index in [0.29, 0.717) is 37.4 Å². The third-order valence-electron chi connectivity index (χ3n) is 5.31. The van der Waals surface area contributed by atoms with Crippen molar-refractivity contribution in [3.05, 3.63) is 34.9 Å². The fraction of sp³-hybridized carbons (Fsp3) is 0.636. The molecule has 0 aliphatic carbocycles. The van der Waals surface area contributed by atoms with Gasteiger partial charge in [-0.15, -0.1) is 0 Å². The van der Waals surface area contributed by atoms with Crippen LogP contribution in [0, 0.1) is 5.92 Å². The van der Waals surface area contributed by atoms with Crippen LogP contribution in [0.15, 0.2) is 24.3 Å². The van der Waals surface area contributed by atoms with Crippen LogP contribution in [0.2, 0.25) is 5.02 Å². The predicted molar refractivity (Wildman–Crippen MR) is 114 cm³/mol. The highest BCUT2D eigenvalue weighted by atomic mass is 35.5. The van der Waals surface area contributed by atoms with E-state index < -0.39 is 11.2 Å². The minimum atomic E-state index is -1.18. The molecular formula is C22H33ClN2O4. The van der Waals surface area contributed by atoms with Gasteiger partial charge in [-0.2, -0.15) is 0 Å². The Kier molecular flexibility index (Phi) is 7.94. The third kappa shape index (κ3) is 6.61. The van der Waals surface area contributed by atoms with E-state index in [1.54, 1.807) is 24.1 Å². The maximum atomic E-state index is 12.6. The first kappa shape index (κ1) is 23.5. The summed E-state index contributed by atoms with van der Waals surface area (Å²) in [6.07, 6.45) is 2.48. The van der Waals surface area contributed by atoms with Crippen LogP contribution >= 0.6 is 11.6 Å². The van der Waals surface area contributed by atoms with E-state index in [1.165, 1.54) is 0 Å². The standard InChI is InChI=1S/C22H33ClN2O4/c1-21(2,3)29-20(27)25-13-7-9-17(15-25)22(28,12-6-11-19(26)24-4)16-8-5-10-18(23)14-16/h5,8,10,14,17,28H,6-7,9,11-13,15H2,1-4H3,(H,24,26). The SMILES string of the molecule is CNC(=O)CCCC(O)(c1cccc(Cl)c1)C1CCCN(C(=O)OC(C)(C)C)C1. The lowest BCUT2D eigenvalue weighted by Gasteiger charge is -2.43. The van der Waals surface area contributed by atoms with Crippen molar-refractivity contribution in [3.63, 3.8) is 0 Å². The second-order valence-corrected chi connectivity index (χ2v) is 9.16. The van der Waals surface area contributed by atoms with E-state index in [4.69, 9.17) is 16.3 Å². The van der Waals surface area contributed by atoms with Gasteiger partial charge in [-0.3, -0.25) is 4.79 Å². The lowest BCUT2D eigenvalue weighted by atomic mass is 9.74. The summed E-state index contributed by atoms with van der Waals surface area (Å²) in [5.74, 6) is -0.232. The van der Waals surface area contributed by atoms with Crippen molar-refractivity contribution in [1.29, 1.82) is 0 Å². The van der Waals surface area contributed by atoms with Crippen LogP contribution < -0.4 is 5.32 Å². The van der Waals surface area contributed by atoms with Gasteiger partial charge in [0.25, 0.3) is 0 Å². The third-order valence-corrected chi connectivity index (χ3v) is 5.55. The maximum absolute atomic E-state index is 12.6. The topological polar surface area (TPSA) is 78.9 Å². The summed E-state index contributed by atoms with van der Waals surface area (Å²) < 4.78 is 5.52. The predicted octanol–water partition coefficient (Wildman–Crippen LogP) is 4.09. The number of hydrogen-bond acceptors (Lipinski definition) is 4. The number of piperidine rings is 1. The van der Waals surface area contributed by atoms with Crippen LogP contribution in [-0.4, -0.2) is 47.7 Å². The van der Waals surface area contributed by atoms with E-state index in [-0.39, 0.29) is 17.9 Å². The average molecular weight is 425 g/mol. The van der Waals surface area contributed by atoms with Gasteiger partial charge in [0.15, 0.2) is 0 Å². The van der Waals surface area contributed by atoms with E-state index in [9.17, 15) is 14.7 Å². The van der Waals surface area contributed by atoms with Gasteiger partial charge in [-0.1, -0.05) is 23.7 Å². The molecule has 0 aromatic heterocycles. The summed E-state index contributed by atoms with van der Waals surface area (Å²) in [6.45, 7) is 6.53. The molecule has 0 bridgehead atoms. The Bertz CT molecular complexity index is 719. The molecule has 0 spiro atoms. The zero-order valence-electron chi connectivity index (χ0n) is 17.8. The van der Waals surface area contributed by atoms with Crippen molar-refractivity contribution in [1.82, 2.24) is 10.2 Å². The summed E-state index contributed by atoms with van der Waals surface area (Å²) in [7, 11) is 1.60. The van der Waals surface area contributed by atoms with Gasteiger partial charge < -0.3 is 20.1 Å². The Morgan fingerprint density at radius 1 is 1.34 bits per heavy atom. The summed E-state index contributed by atoms with van der Waals surface area (Å²) in [6, 6.07) is 7.21. The van der Waals surface area contributed by atoms with Gasteiger partial charge in [0.1, 0.15) is 5.60 Å². The Balaban J connectivity index is 2.22. The summed E-state index contributed by atoms with van der Waals surface area (Å²) in [5.41, 5.74) is -1.03. The molecule has 2 N–H and O–H groups in total. The molecule has 29 heavy (non-hydrogen) atoms. The molecule has 162 valence electrons. The number of rotatable bonds is 6. The van der Waals surface area contributed by atoms with Gasteiger partial charge in [0.2, 0.25) is 5.91 Å². The molecule has 0 saturated carbocycles. The first-order chi connectivity index (χ1) is 13.5. The smallest absolute Gasteiger partial charge is 0.410 e. The van der Waals surface area contributed by atoms with Crippen molar-refractivity contribution >= 4 is 23.6 Å². The zero-order valence-corrected chi connectivity index (χ0v) is 18.6. The molecule has 6 nitrogen and oxygen atoms in total. The number of ether oxygens (including phenoxy) is 1. The second-order valence-electron chi connectivity index (χ2n) is 8.73. The van der Waals surface area contributed by atoms with Crippen molar-refractivity contribution < 1.29 is 19.4 Å². The minimum Gasteiger partial charge on any atom is -0.444 e.